The molecule has 0 radical (unpaired) electrons. The second-order valence-electron chi connectivity index (χ2n) is 6.25. The summed E-state index contributed by atoms with van der Waals surface area (Å²) >= 11 is 0. The summed E-state index contributed by atoms with van der Waals surface area (Å²) in [6.45, 7) is 3.66. The minimum absolute atomic E-state index is 0.120. The fourth-order valence-electron chi connectivity index (χ4n) is 3.57. The van der Waals surface area contributed by atoms with Crippen molar-refractivity contribution in [3.8, 4) is 0 Å². The summed E-state index contributed by atoms with van der Waals surface area (Å²) in [4.78, 5) is 26.1. The zero-order valence-electron chi connectivity index (χ0n) is 13.5. The highest BCUT2D eigenvalue weighted by Crippen LogP contribution is 2.45. The van der Waals surface area contributed by atoms with Gasteiger partial charge in [0.25, 0.3) is 0 Å². The third-order valence-corrected chi connectivity index (χ3v) is 4.67. The van der Waals surface area contributed by atoms with E-state index in [0.29, 0.717) is 28.0 Å². The maximum absolute atomic E-state index is 13.2. The van der Waals surface area contributed by atoms with Gasteiger partial charge < -0.3 is 4.74 Å². The van der Waals surface area contributed by atoms with Gasteiger partial charge in [0, 0.05) is 16.7 Å². The van der Waals surface area contributed by atoms with Gasteiger partial charge in [0.05, 0.1) is 11.3 Å². The van der Waals surface area contributed by atoms with Crippen molar-refractivity contribution in [2.75, 3.05) is 0 Å². The van der Waals surface area contributed by atoms with Crippen LogP contribution in [0, 0.1) is 0 Å². The van der Waals surface area contributed by atoms with Crippen LogP contribution in [0.25, 0.3) is 0 Å². The molecule has 2 aromatic rings. The highest BCUT2D eigenvalue weighted by atomic mass is 16.5. The SMILES string of the molecule is CC1=CC2=C(C(=O)c3ccccc3C2=O)C(C)(c2ccccc2)O1. The van der Waals surface area contributed by atoms with E-state index >= 15 is 0 Å². The predicted octanol–water partition coefficient (Wildman–Crippen LogP) is 4.21. The summed E-state index contributed by atoms with van der Waals surface area (Å²) in [6, 6.07) is 16.5. The molecule has 24 heavy (non-hydrogen) atoms. The third-order valence-electron chi connectivity index (χ3n) is 4.67. The number of hydrogen-bond donors (Lipinski definition) is 0. The Morgan fingerprint density at radius 2 is 1.42 bits per heavy atom. The normalized spacial score (nSPS) is 22.5. The molecule has 0 amide bonds. The average Bonchev–Trinajstić information content (AvgIpc) is 2.60. The van der Waals surface area contributed by atoms with Crippen molar-refractivity contribution < 1.29 is 14.3 Å². The van der Waals surface area contributed by atoms with E-state index in [1.807, 2.05) is 44.2 Å². The summed E-state index contributed by atoms with van der Waals surface area (Å²) in [7, 11) is 0. The molecule has 0 saturated heterocycles. The molecule has 2 aliphatic rings. The molecule has 3 nitrogen and oxygen atoms in total. The van der Waals surface area contributed by atoms with Crippen LogP contribution in [0.3, 0.4) is 0 Å². The van der Waals surface area contributed by atoms with E-state index in [1.54, 1.807) is 30.3 Å². The highest BCUT2D eigenvalue weighted by molar-refractivity contribution is 6.28. The van der Waals surface area contributed by atoms with E-state index in [2.05, 4.69) is 0 Å². The van der Waals surface area contributed by atoms with Crippen molar-refractivity contribution in [1.29, 1.82) is 0 Å². The number of ether oxygens (including phenoxy) is 1. The molecule has 0 spiro atoms. The van der Waals surface area contributed by atoms with Crippen molar-refractivity contribution in [1.82, 2.24) is 0 Å². The predicted molar refractivity (Wildman–Crippen MR) is 90.8 cm³/mol. The Bertz CT molecular complexity index is 935. The van der Waals surface area contributed by atoms with E-state index in [4.69, 9.17) is 4.74 Å². The molecule has 1 heterocycles. The molecular formula is C21H16O3. The van der Waals surface area contributed by atoms with Crippen molar-refractivity contribution in [3.05, 3.63) is 94.3 Å². The summed E-state index contributed by atoms with van der Waals surface area (Å²) in [5.41, 5.74) is 1.64. The molecule has 0 fully saturated rings. The van der Waals surface area contributed by atoms with Crippen molar-refractivity contribution in [3.63, 3.8) is 0 Å². The van der Waals surface area contributed by atoms with E-state index in [9.17, 15) is 9.59 Å². The Labute approximate surface area is 140 Å². The minimum Gasteiger partial charge on any atom is -0.483 e. The van der Waals surface area contributed by atoms with Crippen LogP contribution in [-0.2, 0) is 10.3 Å². The first kappa shape index (κ1) is 14.6. The highest BCUT2D eigenvalue weighted by Gasteiger charge is 2.46. The number of fused-ring (bicyclic) bond motifs is 1. The molecule has 1 aliphatic carbocycles. The van der Waals surface area contributed by atoms with Crippen LogP contribution in [0.4, 0.5) is 0 Å². The molecular weight excluding hydrogens is 300 g/mol. The zero-order chi connectivity index (χ0) is 16.9. The molecule has 1 aliphatic heterocycles. The Kier molecular flexibility index (Phi) is 3.07. The van der Waals surface area contributed by atoms with E-state index < -0.39 is 5.60 Å². The molecule has 0 saturated carbocycles. The third kappa shape index (κ3) is 1.91. The summed E-state index contributed by atoms with van der Waals surface area (Å²) in [5.74, 6) is 0.362. The summed E-state index contributed by atoms with van der Waals surface area (Å²) in [5, 5.41) is 0. The average molecular weight is 316 g/mol. The van der Waals surface area contributed by atoms with Gasteiger partial charge in [-0.25, -0.2) is 0 Å². The smallest absolute Gasteiger partial charge is 0.194 e. The minimum atomic E-state index is -0.976. The van der Waals surface area contributed by atoms with Gasteiger partial charge in [-0.15, -0.1) is 0 Å². The first-order valence-corrected chi connectivity index (χ1v) is 7.88. The molecule has 1 unspecified atom stereocenters. The lowest BCUT2D eigenvalue weighted by molar-refractivity contribution is 0.0387. The van der Waals surface area contributed by atoms with Crippen LogP contribution < -0.4 is 0 Å². The zero-order valence-corrected chi connectivity index (χ0v) is 13.5. The lowest BCUT2D eigenvalue weighted by Gasteiger charge is -2.39. The first-order chi connectivity index (χ1) is 11.5. The number of benzene rings is 2. The van der Waals surface area contributed by atoms with Gasteiger partial charge >= 0.3 is 0 Å². The topological polar surface area (TPSA) is 43.4 Å². The molecule has 0 N–H and O–H groups in total. The Balaban J connectivity index is 2.01. The number of allylic oxidation sites excluding steroid dienone is 3. The van der Waals surface area contributed by atoms with Gasteiger partial charge in [-0.3, -0.25) is 9.59 Å². The van der Waals surface area contributed by atoms with Crippen LogP contribution in [0.1, 0.15) is 40.1 Å². The van der Waals surface area contributed by atoms with Crippen molar-refractivity contribution in [2.24, 2.45) is 0 Å². The molecule has 1 atom stereocenters. The van der Waals surface area contributed by atoms with Crippen LogP contribution in [0.2, 0.25) is 0 Å². The number of ketones is 2. The quantitative estimate of drug-likeness (QED) is 0.791. The molecule has 0 bridgehead atoms. The molecule has 0 aromatic heterocycles. The number of carbonyl (C=O) groups excluding carboxylic acids is 2. The summed E-state index contributed by atoms with van der Waals surface area (Å²) < 4.78 is 6.09. The van der Waals surface area contributed by atoms with Crippen LogP contribution in [0.5, 0.6) is 0 Å². The van der Waals surface area contributed by atoms with Crippen LogP contribution in [-0.4, -0.2) is 11.6 Å². The second kappa shape index (κ2) is 5.03. The first-order valence-electron chi connectivity index (χ1n) is 7.88. The lowest BCUT2D eigenvalue weighted by atomic mass is 9.73. The van der Waals surface area contributed by atoms with Crippen molar-refractivity contribution >= 4 is 11.6 Å². The van der Waals surface area contributed by atoms with Gasteiger partial charge in [0.1, 0.15) is 0 Å². The fraction of sp³-hybridized carbons (Fsp3) is 0.143. The summed E-state index contributed by atoms with van der Waals surface area (Å²) in [6.07, 6.45) is 1.68. The maximum atomic E-state index is 13.2. The number of carbonyl (C=O) groups is 2. The van der Waals surface area contributed by atoms with Crippen molar-refractivity contribution in [2.45, 2.75) is 19.4 Å². The largest absolute Gasteiger partial charge is 0.483 e. The van der Waals surface area contributed by atoms with Gasteiger partial charge in [-0.2, -0.15) is 0 Å². The number of hydrogen-bond acceptors (Lipinski definition) is 3. The van der Waals surface area contributed by atoms with Crippen LogP contribution >= 0.6 is 0 Å². The Morgan fingerprint density at radius 3 is 2.08 bits per heavy atom. The maximum Gasteiger partial charge on any atom is 0.194 e. The lowest BCUT2D eigenvalue weighted by Crippen LogP contribution is -2.39. The molecule has 118 valence electrons. The Hall–Kier alpha value is -2.94. The van der Waals surface area contributed by atoms with E-state index in [0.717, 1.165) is 5.56 Å². The van der Waals surface area contributed by atoms with Gasteiger partial charge in [0.2, 0.25) is 0 Å². The number of rotatable bonds is 1. The second-order valence-corrected chi connectivity index (χ2v) is 6.25. The van der Waals surface area contributed by atoms with Gasteiger partial charge in [0.15, 0.2) is 17.2 Å². The van der Waals surface area contributed by atoms with E-state index in [-0.39, 0.29) is 11.6 Å². The van der Waals surface area contributed by atoms with Gasteiger partial charge in [-0.1, -0.05) is 54.6 Å². The molecule has 4 rings (SSSR count). The van der Waals surface area contributed by atoms with E-state index in [1.165, 1.54) is 0 Å². The fourth-order valence-corrected chi connectivity index (χ4v) is 3.57. The molecule has 2 aromatic carbocycles. The monoisotopic (exact) mass is 316 g/mol. The molecule has 3 heteroatoms. The van der Waals surface area contributed by atoms with Gasteiger partial charge in [-0.05, 0) is 25.5 Å². The van der Waals surface area contributed by atoms with Crippen LogP contribution in [0.15, 0.2) is 77.6 Å². The number of Topliss-reactive ketones (excluding diaryl/α,β-unsaturated/α-hetero) is 2. The Morgan fingerprint density at radius 1 is 0.833 bits per heavy atom. The standard InChI is InChI=1S/C21H16O3/c1-13-12-17-18(21(2,24-13)14-8-4-3-5-9-14)20(23)16-11-7-6-10-15(16)19(17)22/h3-12H,1-2H3.